The number of carbonyl (C=O) groups is 1. The molecule has 2 aromatic carbocycles. The standard InChI is InChI=1S/C26H38N2O7S/c1-20(29)35-19-23-17-22(11-12-25(23)30)26(31)18-28-13-4-2-3-5-14-34-15-7-9-21-8-6-10-24(16-21)36(27,32)33/h6,8,10-12,16-17,26,28,30-31H,2-5,7,9,13-15,18-19H2,1H3,(H2,27,32,33)/t26-/m0/s1. The van der Waals surface area contributed by atoms with Gasteiger partial charge in [-0.15, -0.1) is 0 Å². The van der Waals surface area contributed by atoms with Crippen LogP contribution in [0.2, 0.25) is 0 Å². The molecule has 5 N–H and O–H groups in total. The van der Waals surface area contributed by atoms with Gasteiger partial charge in [-0.25, -0.2) is 13.6 Å². The number of aryl methyl sites for hydroxylation is 1. The maximum atomic E-state index is 11.4. The highest BCUT2D eigenvalue weighted by molar-refractivity contribution is 7.89. The number of ether oxygens (including phenoxy) is 2. The fourth-order valence-corrected chi connectivity index (χ4v) is 4.21. The number of aliphatic hydroxyl groups excluding tert-OH is 1. The molecule has 0 aliphatic heterocycles. The van der Waals surface area contributed by atoms with E-state index in [1.165, 1.54) is 19.1 Å². The first-order valence-corrected chi connectivity index (χ1v) is 13.7. The number of phenolic OH excluding ortho intramolecular Hbond substituents is 1. The topological polar surface area (TPSA) is 148 Å². The smallest absolute Gasteiger partial charge is 0.302 e. The number of nitrogens with two attached hydrogens (primary N) is 1. The molecule has 0 bridgehead atoms. The first-order chi connectivity index (χ1) is 17.2. The number of rotatable bonds is 17. The lowest BCUT2D eigenvalue weighted by Crippen LogP contribution is -2.22. The van der Waals surface area contributed by atoms with E-state index in [1.54, 1.807) is 24.3 Å². The van der Waals surface area contributed by atoms with E-state index in [-0.39, 0.29) is 17.3 Å². The summed E-state index contributed by atoms with van der Waals surface area (Å²) in [5, 5.41) is 28.6. The monoisotopic (exact) mass is 522 g/mol. The Morgan fingerprint density at radius 2 is 1.81 bits per heavy atom. The summed E-state index contributed by atoms with van der Waals surface area (Å²) in [7, 11) is -3.67. The molecule has 0 spiro atoms. The van der Waals surface area contributed by atoms with Gasteiger partial charge in [-0.05, 0) is 67.6 Å². The highest BCUT2D eigenvalue weighted by Crippen LogP contribution is 2.23. The summed E-state index contributed by atoms with van der Waals surface area (Å²) in [4.78, 5) is 11.1. The van der Waals surface area contributed by atoms with Crippen LogP contribution in [0, 0.1) is 0 Å². The number of nitrogens with one attached hydrogen (secondary N) is 1. The molecule has 0 unspecified atom stereocenters. The molecule has 0 aromatic heterocycles. The Labute approximate surface area is 213 Å². The summed E-state index contributed by atoms with van der Waals surface area (Å²) >= 11 is 0. The SMILES string of the molecule is CC(=O)OCc1cc([C@@H](O)CNCCCCCCOCCCc2cccc(S(N)(=O)=O)c2)ccc1O. The van der Waals surface area contributed by atoms with Gasteiger partial charge in [-0.3, -0.25) is 4.79 Å². The number of sulfonamides is 1. The van der Waals surface area contributed by atoms with Crippen LogP contribution in [-0.4, -0.2) is 50.9 Å². The molecule has 2 rings (SSSR count). The maximum Gasteiger partial charge on any atom is 0.302 e. The largest absolute Gasteiger partial charge is 0.508 e. The fourth-order valence-electron chi connectivity index (χ4n) is 3.63. The number of esters is 1. The van der Waals surface area contributed by atoms with Gasteiger partial charge in [0.2, 0.25) is 10.0 Å². The molecule has 0 heterocycles. The Hall–Kier alpha value is -2.50. The molecule has 1 atom stereocenters. The van der Waals surface area contributed by atoms with Gasteiger partial charge in [-0.2, -0.15) is 0 Å². The van der Waals surface area contributed by atoms with E-state index >= 15 is 0 Å². The average molecular weight is 523 g/mol. The van der Waals surface area contributed by atoms with Crippen LogP contribution in [0.3, 0.4) is 0 Å². The van der Waals surface area contributed by atoms with E-state index in [1.807, 2.05) is 6.07 Å². The summed E-state index contributed by atoms with van der Waals surface area (Å²) in [5.74, 6) is -0.404. The molecule has 0 amide bonds. The van der Waals surface area contributed by atoms with E-state index in [2.05, 4.69) is 5.32 Å². The van der Waals surface area contributed by atoms with Crippen LogP contribution < -0.4 is 10.5 Å². The second-order valence-electron chi connectivity index (χ2n) is 8.71. The number of aromatic hydroxyl groups is 1. The number of primary sulfonamides is 1. The zero-order valence-corrected chi connectivity index (χ0v) is 21.6. The van der Waals surface area contributed by atoms with E-state index in [9.17, 15) is 23.4 Å². The summed E-state index contributed by atoms with van der Waals surface area (Å²) < 4.78 is 33.4. The van der Waals surface area contributed by atoms with Crippen molar-refractivity contribution >= 4 is 16.0 Å². The van der Waals surface area contributed by atoms with Crippen LogP contribution in [0.5, 0.6) is 5.75 Å². The van der Waals surface area contributed by atoms with Crippen LogP contribution in [0.25, 0.3) is 0 Å². The van der Waals surface area contributed by atoms with Crippen LogP contribution >= 0.6 is 0 Å². The molecule has 0 fully saturated rings. The molecule has 0 aliphatic rings. The van der Waals surface area contributed by atoms with Crippen molar-refractivity contribution in [3.63, 3.8) is 0 Å². The molecule has 0 radical (unpaired) electrons. The van der Waals surface area contributed by atoms with Gasteiger partial charge in [0.15, 0.2) is 0 Å². The summed E-state index contributed by atoms with van der Waals surface area (Å²) in [6, 6.07) is 11.5. The second-order valence-corrected chi connectivity index (χ2v) is 10.3. The number of unbranched alkanes of at least 4 members (excludes halogenated alkanes) is 3. The van der Waals surface area contributed by atoms with Crippen molar-refractivity contribution < 1.29 is 32.9 Å². The summed E-state index contributed by atoms with van der Waals surface area (Å²) in [6.45, 7) is 3.76. The second kappa shape index (κ2) is 15.6. The van der Waals surface area contributed by atoms with E-state index in [4.69, 9.17) is 14.6 Å². The Kier molecular flexibility index (Phi) is 12.9. The Balaban J connectivity index is 1.49. The summed E-state index contributed by atoms with van der Waals surface area (Å²) in [6.07, 6.45) is 4.89. The van der Waals surface area contributed by atoms with Crippen LogP contribution in [0.15, 0.2) is 47.4 Å². The first kappa shape index (κ1) is 29.7. The van der Waals surface area contributed by atoms with Crippen molar-refractivity contribution in [2.75, 3.05) is 26.3 Å². The number of carbonyl (C=O) groups excluding carboxylic acids is 1. The molecule has 2 aromatic rings. The van der Waals surface area contributed by atoms with Crippen molar-refractivity contribution in [3.8, 4) is 5.75 Å². The third kappa shape index (κ3) is 11.5. The molecular weight excluding hydrogens is 484 g/mol. The fraction of sp³-hybridized carbons (Fsp3) is 0.500. The average Bonchev–Trinajstić information content (AvgIpc) is 2.83. The van der Waals surface area contributed by atoms with Crippen molar-refractivity contribution in [2.45, 2.75) is 63.1 Å². The van der Waals surface area contributed by atoms with Gasteiger partial charge >= 0.3 is 5.97 Å². The number of benzene rings is 2. The van der Waals surface area contributed by atoms with E-state index in [0.717, 1.165) is 50.6 Å². The molecule has 36 heavy (non-hydrogen) atoms. The third-order valence-electron chi connectivity index (χ3n) is 5.63. The van der Waals surface area contributed by atoms with Crippen LogP contribution in [-0.2, 0) is 37.3 Å². The zero-order chi connectivity index (χ0) is 26.4. The minimum absolute atomic E-state index is 0.0269. The van der Waals surface area contributed by atoms with Crippen LogP contribution in [0.1, 0.15) is 61.8 Å². The molecular formula is C26H38N2O7S. The van der Waals surface area contributed by atoms with Crippen molar-refractivity contribution in [1.82, 2.24) is 5.32 Å². The predicted octanol–water partition coefficient (Wildman–Crippen LogP) is 2.94. The normalized spacial score (nSPS) is 12.4. The predicted molar refractivity (Wildman–Crippen MR) is 137 cm³/mol. The van der Waals surface area contributed by atoms with Crippen LogP contribution in [0.4, 0.5) is 0 Å². The van der Waals surface area contributed by atoms with Gasteiger partial charge in [0.05, 0.1) is 11.0 Å². The van der Waals surface area contributed by atoms with Gasteiger partial charge in [0.1, 0.15) is 12.4 Å². The van der Waals surface area contributed by atoms with Gasteiger partial charge in [0.25, 0.3) is 0 Å². The molecule has 10 heteroatoms. The third-order valence-corrected chi connectivity index (χ3v) is 6.54. The lowest BCUT2D eigenvalue weighted by molar-refractivity contribution is -0.142. The number of hydrogen-bond acceptors (Lipinski definition) is 8. The number of phenols is 1. The Bertz CT molecular complexity index is 1060. The number of hydrogen-bond donors (Lipinski definition) is 4. The first-order valence-electron chi connectivity index (χ1n) is 12.2. The van der Waals surface area contributed by atoms with Crippen molar-refractivity contribution in [2.24, 2.45) is 5.14 Å². The van der Waals surface area contributed by atoms with Gasteiger partial charge < -0.3 is 25.0 Å². The van der Waals surface area contributed by atoms with Gasteiger partial charge in [0, 0.05) is 32.2 Å². The van der Waals surface area contributed by atoms with Crippen molar-refractivity contribution in [1.29, 1.82) is 0 Å². The Morgan fingerprint density at radius 3 is 2.56 bits per heavy atom. The van der Waals surface area contributed by atoms with Gasteiger partial charge in [-0.1, -0.05) is 31.0 Å². The molecule has 200 valence electrons. The Morgan fingerprint density at radius 1 is 1.06 bits per heavy atom. The van der Waals surface area contributed by atoms with Crippen molar-refractivity contribution in [3.05, 3.63) is 59.2 Å². The zero-order valence-electron chi connectivity index (χ0n) is 20.8. The molecule has 9 nitrogen and oxygen atoms in total. The molecule has 0 saturated heterocycles. The van der Waals surface area contributed by atoms with E-state index < -0.39 is 22.1 Å². The quantitative estimate of drug-likeness (QED) is 0.183. The summed E-state index contributed by atoms with van der Waals surface area (Å²) in [5.41, 5.74) is 2.03. The minimum atomic E-state index is -3.67. The number of aliphatic hydroxyl groups is 1. The lowest BCUT2D eigenvalue weighted by Gasteiger charge is -2.14. The maximum absolute atomic E-state index is 11.4. The van der Waals surface area contributed by atoms with E-state index in [0.29, 0.717) is 30.9 Å². The minimum Gasteiger partial charge on any atom is -0.508 e. The highest BCUT2D eigenvalue weighted by atomic mass is 32.2. The molecule has 0 aliphatic carbocycles. The lowest BCUT2D eigenvalue weighted by atomic mass is 10.1. The highest BCUT2D eigenvalue weighted by Gasteiger charge is 2.11. The molecule has 0 saturated carbocycles.